The van der Waals surface area contributed by atoms with Crippen molar-refractivity contribution in [1.82, 2.24) is 0 Å². The summed E-state index contributed by atoms with van der Waals surface area (Å²) in [6, 6.07) is 6.34. The van der Waals surface area contributed by atoms with Crippen molar-refractivity contribution in [2.24, 2.45) is 5.73 Å². The molecule has 0 aliphatic rings. The van der Waals surface area contributed by atoms with Gasteiger partial charge in [-0.3, -0.25) is 10.1 Å². The van der Waals surface area contributed by atoms with E-state index in [1.54, 1.807) is 12.1 Å². The Kier molecular flexibility index (Phi) is 5.59. The molecule has 5 nitrogen and oxygen atoms in total. The highest BCUT2D eigenvalue weighted by Gasteiger charge is 2.04. The quantitative estimate of drug-likeness (QED) is 0.590. The van der Waals surface area contributed by atoms with E-state index in [1.165, 1.54) is 12.1 Å². The summed E-state index contributed by atoms with van der Waals surface area (Å²) in [5, 5.41) is 13.3. The first-order chi connectivity index (χ1) is 6.24. The van der Waals surface area contributed by atoms with Crippen LogP contribution in [0.15, 0.2) is 24.3 Å². The number of rotatable bonds is 4. The van der Waals surface area contributed by atoms with Crippen LogP contribution in [0.2, 0.25) is 0 Å². The van der Waals surface area contributed by atoms with E-state index in [-0.39, 0.29) is 18.1 Å². The van der Waals surface area contributed by atoms with Gasteiger partial charge in [0.2, 0.25) is 0 Å². The van der Waals surface area contributed by atoms with Gasteiger partial charge in [-0.1, -0.05) is 6.07 Å². The van der Waals surface area contributed by atoms with E-state index >= 15 is 0 Å². The van der Waals surface area contributed by atoms with Crippen LogP contribution in [0.25, 0.3) is 0 Å². The summed E-state index contributed by atoms with van der Waals surface area (Å²) in [7, 11) is 0. The lowest BCUT2D eigenvalue weighted by molar-refractivity contribution is -0.384. The third-order valence-electron chi connectivity index (χ3n) is 1.53. The molecule has 0 spiro atoms. The Bertz CT molecular complexity index is 306. The van der Waals surface area contributed by atoms with Gasteiger partial charge in [-0.25, -0.2) is 0 Å². The molecule has 6 heteroatoms. The van der Waals surface area contributed by atoms with Crippen LogP contribution in [-0.2, 0) is 0 Å². The summed E-state index contributed by atoms with van der Waals surface area (Å²) in [4.78, 5) is 9.96. The zero-order chi connectivity index (χ0) is 9.68. The Morgan fingerprint density at radius 3 is 2.79 bits per heavy atom. The highest BCUT2D eigenvalue weighted by atomic mass is 35.5. The number of nitrogens with one attached hydrogen (secondary N) is 1. The fourth-order valence-electron chi connectivity index (χ4n) is 0.946. The average Bonchev–Trinajstić information content (AvgIpc) is 2.15. The third kappa shape index (κ3) is 3.59. The molecule has 3 N–H and O–H groups in total. The normalized spacial score (nSPS) is 8.93. The van der Waals surface area contributed by atoms with Crippen molar-refractivity contribution < 1.29 is 4.92 Å². The van der Waals surface area contributed by atoms with Crippen molar-refractivity contribution >= 4 is 23.8 Å². The predicted octanol–water partition coefficient (Wildman–Crippen LogP) is 1.39. The van der Waals surface area contributed by atoms with Crippen LogP contribution in [0.4, 0.5) is 11.4 Å². The molecule has 1 rings (SSSR count). The van der Waals surface area contributed by atoms with E-state index in [2.05, 4.69) is 5.32 Å². The maximum atomic E-state index is 10.4. The number of benzene rings is 1. The number of nitrogens with two attached hydrogens (primary N) is 1. The monoisotopic (exact) mass is 217 g/mol. The molecule has 0 unspecified atom stereocenters. The smallest absolute Gasteiger partial charge is 0.271 e. The standard InChI is InChI=1S/C8H11N3O2.ClH/c9-4-5-10-7-2-1-3-8(6-7)11(12)13;/h1-3,6,10H,4-5,9H2;1H. The summed E-state index contributed by atoms with van der Waals surface area (Å²) in [6.45, 7) is 1.11. The van der Waals surface area contributed by atoms with E-state index in [0.717, 1.165) is 5.69 Å². The first-order valence-electron chi connectivity index (χ1n) is 3.92. The lowest BCUT2D eigenvalue weighted by Gasteiger charge is -2.02. The van der Waals surface area contributed by atoms with Gasteiger partial charge in [0.25, 0.3) is 5.69 Å². The first-order valence-corrected chi connectivity index (χ1v) is 3.92. The number of hydrogen-bond donors (Lipinski definition) is 2. The van der Waals surface area contributed by atoms with Crippen LogP contribution >= 0.6 is 12.4 Å². The van der Waals surface area contributed by atoms with Crippen molar-refractivity contribution in [1.29, 1.82) is 0 Å². The summed E-state index contributed by atoms with van der Waals surface area (Å²) in [6.07, 6.45) is 0. The Morgan fingerprint density at radius 2 is 2.21 bits per heavy atom. The van der Waals surface area contributed by atoms with E-state index in [0.29, 0.717) is 13.1 Å². The Morgan fingerprint density at radius 1 is 1.50 bits per heavy atom. The molecule has 78 valence electrons. The molecular formula is C8H12ClN3O2. The van der Waals surface area contributed by atoms with E-state index in [1.807, 2.05) is 0 Å². The average molecular weight is 218 g/mol. The first kappa shape index (κ1) is 12.7. The minimum atomic E-state index is -0.423. The van der Waals surface area contributed by atoms with Gasteiger partial charge in [-0.05, 0) is 6.07 Å². The lowest BCUT2D eigenvalue weighted by Crippen LogP contribution is -2.12. The molecule has 0 aliphatic heterocycles. The van der Waals surface area contributed by atoms with Crippen molar-refractivity contribution in [3.63, 3.8) is 0 Å². The highest BCUT2D eigenvalue weighted by molar-refractivity contribution is 5.85. The minimum Gasteiger partial charge on any atom is -0.384 e. The van der Waals surface area contributed by atoms with Crippen LogP contribution < -0.4 is 11.1 Å². The molecule has 0 bridgehead atoms. The fourth-order valence-corrected chi connectivity index (χ4v) is 0.946. The van der Waals surface area contributed by atoms with Crippen LogP contribution in [0.1, 0.15) is 0 Å². The number of anilines is 1. The van der Waals surface area contributed by atoms with Gasteiger partial charge in [0, 0.05) is 30.9 Å². The van der Waals surface area contributed by atoms with Crippen LogP contribution in [0, 0.1) is 10.1 Å². The summed E-state index contributed by atoms with van der Waals surface area (Å²) >= 11 is 0. The number of nitrogens with zero attached hydrogens (tertiary/aromatic N) is 1. The molecule has 0 heterocycles. The molecule has 0 atom stereocenters. The van der Waals surface area contributed by atoms with Crippen molar-refractivity contribution in [3.05, 3.63) is 34.4 Å². The molecule has 0 saturated heterocycles. The van der Waals surface area contributed by atoms with Crippen molar-refractivity contribution in [2.75, 3.05) is 18.4 Å². The Balaban J connectivity index is 0.00000169. The molecule has 1 aromatic rings. The predicted molar refractivity (Wildman–Crippen MR) is 57.9 cm³/mol. The SMILES string of the molecule is Cl.NCCNc1cccc([N+](=O)[O-])c1. The molecular weight excluding hydrogens is 206 g/mol. The molecule has 0 amide bonds. The van der Waals surface area contributed by atoms with Gasteiger partial charge >= 0.3 is 0 Å². The number of nitro benzene ring substituents is 1. The van der Waals surface area contributed by atoms with E-state index in [9.17, 15) is 10.1 Å². The topological polar surface area (TPSA) is 81.2 Å². The van der Waals surface area contributed by atoms with Crippen molar-refractivity contribution in [3.8, 4) is 0 Å². The second-order valence-corrected chi connectivity index (χ2v) is 2.52. The molecule has 0 saturated carbocycles. The Labute approximate surface area is 87.9 Å². The van der Waals surface area contributed by atoms with Crippen LogP contribution in [-0.4, -0.2) is 18.0 Å². The van der Waals surface area contributed by atoms with Crippen molar-refractivity contribution in [2.45, 2.75) is 0 Å². The zero-order valence-corrected chi connectivity index (χ0v) is 8.29. The van der Waals surface area contributed by atoms with Gasteiger partial charge in [0.1, 0.15) is 0 Å². The van der Waals surface area contributed by atoms with E-state index in [4.69, 9.17) is 5.73 Å². The molecule has 14 heavy (non-hydrogen) atoms. The largest absolute Gasteiger partial charge is 0.384 e. The maximum absolute atomic E-state index is 10.4. The number of non-ortho nitro benzene ring substituents is 1. The second kappa shape index (κ2) is 6.17. The van der Waals surface area contributed by atoms with Gasteiger partial charge in [-0.15, -0.1) is 12.4 Å². The number of nitro groups is 1. The zero-order valence-electron chi connectivity index (χ0n) is 7.47. The molecule has 0 aliphatic carbocycles. The maximum Gasteiger partial charge on any atom is 0.271 e. The molecule has 0 fully saturated rings. The molecule has 1 aromatic carbocycles. The van der Waals surface area contributed by atoms with Gasteiger partial charge in [0.15, 0.2) is 0 Å². The summed E-state index contributed by atoms with van der Waals surface area (Å²) in [5.74, 6) is 0. The minimum absolute atomic E-state index is 0. The Hall–Kier alpha value is -1.33. The third-order valence-corrected chi connectivity index (χ3v) is 1.53. The number of hydrogen-bond acceptors (Lipinski definition) is 4. The van der Waals surface area contributed by atoms with E-state index < -0.39 is 4.92 Å². The van der Waals surface area contributed by atoms with Gasteiger partial charge < -0.3 is 11.1 Å². The fraction of sp³-hybridized carbons (Fsp3) is 0.250. The van der Waals surface area contributed by atoms with Gasteiger partial charge in [0.05, 0.1) is 4.92 Å². The van der Waals surface area contributed by atoms with Crippen LogP contribution in [0.5, 0.6) is 0 Å². The summed E-state index contributed by atoms with van der Waals surface area (Å²) < 4.78 is 0. The van der Waals surface area contributed by atoms with Crippen LogP contribution in [0.3, 0.4) is 0 Å². The lowest BCUT2D eigenvalue weighted by atomic mass is 10.3. The molecule has 0 radical (unpaired) electrons. The number of halogens is 1. The van der Waals surface area contributed by atoms with Gasteiger partial charge in [-0.2, -0.15) is 0 Å². The second-order valence-electron chi connectivity index (χ2n) is 2.52. The molecule has 0 aromatic heterocycles. The summed E-state index contributed by atoms with van der Waals surface area (Å²) in [5.41, 5.74) is 6.08. The highest BCUT2D eigenvalue weighted by Crippen LogP contribution is 2.16.